The molecule has 0 saturated carbocycles. The van der Waals surface area contributed by atoms with Crippen LogP contribution in [0.2, 0.25) is 0 Å². The van der Waals surface area contributed by atoms with Crippen molar-refractivity contribution in [2.75, 3.05) is 13.7 Å². The van der Waals surface area contributed by atoms with Crippen molar-refractivity contribution >= 4 is 11.9 Å². The first-order valence-electron chi connectivity index (χ1n) is 10.3. The summed E-state index contributed by atoms with van der Waals surface area (Å²) < 4.78 is 74.6. The van der Waals surface area contributed by atoms with Crippen LogP contribution >= 0.6 is 0 Å². The number of benzene rings is 1. The minimum absolute atomic E-state index is 0.0183. The molecule has 0 spiro atoms. The molecule has 0 saturated heterocycles. The molecule has 11 heteroatoms. The predicted octanol–water partition coefficient (Wildman–Crippen LogP) is 4.32. The van der Waals surface area contributed by atoms with Crippen LogP contribution in [-0.2, 0) is 15.1 Å². The monoisotopic (exact) mass is 473 g/mol. The fourth-order valence-electron chi connectivity index (χ4n) is 4.00. The van der Waals surface area contributed by atoms with Crippen molar-refractivity contribution in [3.63, 3.8) is 0 Å². The lowest BCUT2D eigenvalue weighted by Crippen LogP contribution is -2.45. The number of hydrogen-bond acceptors (Lipinski definition) is 5. The van der Waals surface area contributed by atoms with Crippen LogP contribution in [0, 0.1) is 11.7 Å². The molecule has 0 fully saturated rings. The molecule has 2 atom stereocenters. The number of guanidine groups is 1. The zero-order valence-corrected chi connectivity index (χ0v) is 18.0. The van der Waals surface area contributed by atoms with Crippen LogP contribution in [0.25, 0.3) is 0 Å². The van der Waals surface area contributed by atoms with Gasteiger partial charge in [-0.2, -0.15) is 8.78 Å². The first-order chi connectivity index (χ1) is 15.6. The zero-order valence-electron chi connectivity index (χ0n) is 18.0. The van der Waals surface area contributed by atoms with E-state index in [1.807, 2.05) is 0 Å². The van der Waals surface area contributed by atoms with Gasteiger partial charge in [-0.25, -0.2) is 18.2 Å². The van der Waals surface area contributed by atoms with E-state index in [2.05, 4.69) is 9.73 Å². The van der Waals surface area contributed by atoms with Crippen molar-refractivity contribution in [2.24, 2.45) is 16.6 Å². The molecule has 33 heavy (non-hydrogen) atoms. The van der Waals surface area contributed by atoms with Crippen molar-refractivity contribution in [1.29, 1.82) is 0 Å². The molecule has 2 N–H and O–H groups in total. The van der Waals surface area contributed by atoms with E-state index >= 15 is 0 Å². The average molecular weight is 473 g/mol. The maximum absolute atomic E-state index is 14.3. The number of nitrogens with zero attached hydrogens (tertiary/aromatic N) is 2. The molecule has 2 aliphatic rings. The van der Waals surface area contributed by atoms with Crippen LogP contribution in [0.1, 0.15) is 31.7 Å². The second kappa shape index (κ2) is 9.80. The largest absolute Gasteiger partial charge is 0.490 e. The van der Waals surface area contributed by atoms with Gasteiger partial charge in [0.2, 0.25) is 6.43 Å². The summed E-state index contributed by atoms with van der Waals surface area (Å²) in [5, 5.41) is 0. The lowest BCUT2D eigenvalue weighted by atomic mass is 9.72. The highest BCUT2D eigenvalue weighted by atomic mass is 19.3. The SMILES string of the molecule is CCC1=C(OC(F)F)C=CC([C@]2(c3ccc(F)c(OCCC(F)F)c3)N=C(N)N(C)C2=O)C1. The summed E-state index contributed by atoms with van der Waals surface area (Å²) in [5.41, 5.74) is 5.09. The second-order valence-electron chi connectivity index (χ2n) is 7.64. The Bertz CT molecular complexity index is 995. The average Bonchev–Trinajstić information content (AvgIpc) is 2.99. The number of rotatable bonds is 9. The van der Waals surface area contributed by atoms with E-state index < -0.39 is 49.2 Å². The van der Waals surface area contributed by atoms with Crippen molar-refractivity contribution in [3.8, 4) is 5.75 Å². The molecule has 6 nitrogen and oxygen atoms in total. The van der Waals surface area contributed by atoms with E-state index in [1.54, 1.807) is 6.92 Å². The van der Waals surface area contributed by atoms with Gasteiger partial charge in [0.05, 0.1) is 6.61 Å². The van der Waals surface area contributed by atoms with Gasteiger partial charge in [-0.3, -0.25) is 9.69 Å². The number of carbonyl (C=O) groups is 1. The molecule has 1 amide bonds. The number of hydrogen-bond donors (Lipinski definition) is 1. The number of carbonyl (C=O) groups excluding carboxylic acids is 1. The third-order valence-corrected chi connectivity index (χ3v) is 5.70. The minimum Gasteiger partial charge on any atom is -0.490 e. The van der Waals surface area contributed by atoms with E-state index in [4.69, 9.17) is 10.5 Å². The van der Waals surface area contributed by atoms with Crippen molar-refractivity contribution < 1.29 is 36.2 Å². The van der Waals surface area contributed by atoms with Crippen molar-refractivity contribution in [1.82, 2.24) is 4.90 Å². The van der Waals surface area contributed by atoms with Crippen LogP contribution in [0.4, 0.5) is 22.0 Å². The normalized spacial score (nSPS) is 23.1. The van der Waals surface area contributed by atoms with Gasteiger partial charge in [0.1, 0.15) is 5.76 Å². The molecule has 0 radical (unpaired) electrons. The summed E-state index contributed by atoms with van der Waals surface area (Å²) in [4.78, 5) is 19.0. The Morgan fingerprint density at radius 2 is 2.03 bits per heavy atom. The Labute approximate surface area is 187 Å². The van der Waals surface area contributed by atoms with Crippen LogP contribution in [0.3, 0.4) is 0 Å². The van der Waals surface area contributed by atoms with Gasteiger partial charge in [-0.15, -0.1) is 0 Å². The summed E-state index contributed by atoms with van der Waals surface area (Å²) in [6, 6.07) is 3.64. The zero-order chi connectivity index (χ0) is 24.3. The Morgan fingerprint density at radius 3 is 2.61 bits per heavy atom. The van der Waals surface area contributed by atoms with Gasteiger partial charge in [0, 0.05) is 19.4 Å². The Balaban J connectivity index is 2.04. The van der Waals surface area contributed by atoms with E-state index in [0.29, 0.717) is 12.0 Å². The Kier molecular flexibility index (Phi) is 7.28. The molecular weight excluding hydrogens is 449 g/mol. The highest BCUT2D eigenvalue weighted by Crippen LogP contribution is 2.46. The lowest BCUT2D eigenvalue weighted by Gasteiger charge is -2.35. The molecule has 3 rings (SSSR count). The number of amides is 1. The number of nitrogens with two attached hydrogens (primary N) is 1. The van der Waals surface area contributed by atoms with E-state index in [1.165, 1.54) is 31.3 Å². The first kappa shape index (κ1) is 24.5. The molecule has 0 aromatic heterocycles. The fraction of sp³-hybridized carbons (Fsp3) is 0.455. The summed E-state index contributed by atoms with van der Waals surface area (Å²) in [6.07, 6.45) is 0.226. The third-order valence-electron chi connectivity index (χ3n) is 5.70. The highest BCUT2D eigenvalue weighted by Gasteiger charge is 2.53. The predicted molar refractivity (Wildman–Crippen MR) is 110 cm³/mol. The topological polar surface area (TPSA) is 77.2 Å². The van der Waals surface area contributed by atoms with Gasteiger partial charge in [-0.05, 0) is 42.2 Å². The summed E-state index contributed by atoms with van der Waals surface area (Å²) in [5.74, 6) is -2.32. The number of halogens is 5. The number of alkyl halides is 4. The molecule has 1 aromatic carbocycles. The molecule has 1 unspecified atom stereocenters. The van der Waals surface area contributed by atoms with Gasteiger partial charge < -0.3 is 15.2 Å². The molecular formula is C22H24F5N3O3. The smallest absolute Gasteiger partial charge is 0.387 e. The molecule has 1 aliphatic carbocycles. The lowest BCUT2D eigenvalue weighted by molar-refractivity contribution is -0.132. The summed E-state index contributed by atoms with van der Waals surface area (Å²) in [7, 11) is 1.43. The Morgan fingerprint density at radius 1 is 1.30 bits per heavy atom. The maximum atomic E-state index is 14.3. The van der Waals surface area contributed by atoms with E-state index in [-0.39, 0.29) is 29.5 Å². The van der Waals surface area contributed by atoms with Crippen molar-refractivity contribution in [3.05, 3.63) is 53.1 Å². The standard InChI is InChI=1S/C22H24F5N3O3/c1-3-12-10-13(5-7-16(12)33-20(26)27)22(19(31)30(2)21(28)29-22)14-4-6-15(23)17(11-14)32-9-8-18(24)25/h4-7,11,13,18,20H,3,8-10H2,1-2H3,(H2,28,29)/t13?,22-/m1/s1. The van der Waals surface area contributed by atoms with Gasteiger partial charge in [0.25, 0.3) is 5.91 Å². The minimum atomic E-state index is -3.00. The van der Waals surface area contributed by atoms with Crippen LogP contribution in [0.5, 0.6) is 5.75 Å². The van der Waals surface area contributed by atoms with Crippen molar-refractivity contribution in [2.45, 2.75) is 44.8 Å². The third kappa shape index (κ3) is 4.81. The van der Waals surface area contributed by atoms with Gasteiger partial charge in [0.15, 0.2) is 23.1 Å². The maximum Gasteiger partial charge on any atom is 0.387 e. The molecule has 1 aliphatic heterocycles. The van der Waals surface area contributed by atoms with Crippen LogP contribution in [-0.4, -0.2) is 43.5 Å². The molecule has 1 heterocycles. The Hall–Kier alpha value is -3.11. The van der Waals surface area contributed by atoms with Gasteiger partial charge in [-0.1, -0.05) is 19.1 Å². The molecule has 1 aromatic rings. The van der Waals surface area contributed by atoms with Crippen LogP contribution in [0.15, 0.2) is 46.7 Å². The first-order valence-corrected chi connectivity index (χ1v) is 10.3. The number of ether oxygens (including phenoxy) is 2. The molecule has 180 valence electrons. The van der Waals surface area contributed by atoms with Crippen LogP contribution < -0.4 is 10.5 Å². The second-order valence-corrected chi connectivity index (χ2v) is 7.64. The van der Waals surface area contributed by atoms with E-state index in [0.717, 1.165) is 11.0 Å². The summed E-state index contributed by atoms with van der Waals surface area (Å²) in [6.45, 7) is -1.67. The van der Waals surface area contributed by atoms with E-state index in [9.17, 15) is 26.7 Å². The fourth-order valence-corrected chi connectivity index (χ4v) is 4.00. The number of likely N-dealkylation sites (N-methyl/N-ethyl adjacent to an activating group) is 1. The number of aliphatic imine (C=N–C) groups is 1. The highest BCUT2D eigenvalue weighted by molar-refractivity contribution is 6.07. The number of allylic oxidation sites excluding steroid dienone is 2. The summed E-state index contributed by atoms with van der Waals surface area (Å²) >= 11 is 0. The quantitative estimate of drug-likeness (QED) is 0.542. The van der Waals surface area contributed by atoms with Gasteiger partial charge >= 0.3 is 6.61 Å². The molecule has 0 bridgehead atoms.